The van der Waals surface area contributed by atoms with Crippen LogP contribution >= 0.6 is 0 Å². The zero-order valence-electron chi connectivity index (χ0n) is 18.3. The fourth-order valence-electron chi connectivity index (χ4n) is 4.93. The second-order valence-corrected chi connectivity index (χ2v) is 9.30. The Morgan fingerprint density at radius 1 is 1.34 bits per heavy atom. The second-order valence-electron chi connectivity index (χ2n) is 9.30. The molecule has 10 heteroatoms. The number of carbonyl (C=O) groups is 2. The predicted octanol–water partition coefficient (Wildman–Crippen LogP) is 2.41. The summed E-state index contributed by atoms with van der Waals surface area (Å²) >= 11 is 0. The number of halogens is 2. The number of hydrogen-bond acceptors (Lipinski definition) is 6. The summed E-state index contributed by atoms with van der Waals surface area (Å²) < 4.78 is 34.6. The minimum atomic E-state index is -3.22. The number of piperidine rings is 1. The Balaban J connectivity index is 1.60. The summed E-state index contributed by atoms with van der Waals surface area (Å²) in [5, 5.41) is 6.58. The Bertz CT molecular complexity index is 1010. The fraction of sp³-hybridized carbons (Fsp3) is 0.636. The molecule has 2 aliphatic rings. The standard InChI is InChI=1S/C22H29F2N5O3/c1-13-3-5-14(6-4-13)18(25)16-10-29-17(27-16)8-7-15(28-29)9-21(20(31)32-2)11-22(23,24)12-26-19(21)30/h7-8,10,13-14,18H,3-6,9,11-12,25H2,1-2H3,(H,26,30)/t13?,14?,18-,21?/m0/s1. The lowest BCUT2D eigenvalue weighted by molar-refractivity contribution is -0.172. The van der Waals surface area contributed by atoms with E-state index >= 15 is 0 Å². The summed E-state index contributed by atoms with van der Waals surface area (Å²) in [6.45, 7) is 1.45. The largest absolute Gasteiger partial charge is 0.468 e. The van der Waals surface area contributed by atoms with Crippen molar-refractivity contribution in [3.63, 3.8) is 0 Å². The molecule has 174 valence electrons. The Kier molecular flexibility index (Phi) is 5.91. The van der Waals surface area contributed by atoms with Gasteiger partial charge in [-0.25, -0.2) is 18.3 Å². The highest BCUT2D eigenvalue weighted by molar-refractivity contribution is 6.03. The van der Waals surface area contributed by atoms with Gasteiger partial charge in [0.05, 0.1) is 37.3 Å². The van der Waals surface area contributed by atoms with Gasteiger partial charge in [0.15, 0.2) is 11.1 Å². The van der Waals surface area contributed by atoms with Crippen LogP contribution in [-0.2, 0) is 20.7 Å². The molecule has 3 heterocycles. The molecule has 1 unspecified atom stereocenters. The molecule has 32 heavy (non-hydrogen) atoms. The highest BCUT2D eigenvalue weighted by atomic mass is 19.3. The van der Waals surface area contributed by atoms with E-state index in [0.717, 1.165) is 44.4 Å². The molecule has 2 fully saturated rings. The molecular formula is C22H29F2N5O3. The third kappa shape index (κ3) is 4.20. The van der Waals surface area contributed by atoms with Gasteiger partial charge >= 0.3 is 5.97 Å². The number of alkyl halides is 2. The van der Waals surface area contributed by atoms with E-state index in [1.54, 1.807) is 18.3 Å². The maximum atomic E-state index is 14.1. The molecule has 1 aliphatic carbocycles. The van der Waals surface area contributed by atoms with E-state index in [-0.39, 0.29) is 12.5 Å². The van der Waals surface area contributed by atoms with Crippen molar-refractivity contribution in [2.24, 2.45) is 23.0 Å². The first-order chi connectivity index (χ1) is 15.1. The van der Waals surface area contributed by atoms with Crippen molar-refractivity contribution < 1.29 is 23.1 Å². The number of nitrogens with two attached hydrogens (primary N) is 1. The van der Waals surface area contributed by atoms with Crippen molar-refractivity contribution >= 4 is 17.5 Å². The molecule has 0 aromatic carbocycles. The van der Waals surface area contributed by atoms with Gasteiger partial charge in [-0.05, 0) is 36.8 Å². The Morgan fingerprint density at radius 3 is 2.75 bits per heavy atom. The molecule has 0 spiro atoms. The van der Waals surface area contributed by atoms with Gasteiger partial charge in [-0.15, -0.1) is 0 Å². The third-order valence-corrected chi connectivity index (χ3v) is 6.87. The van der Waals surface area contributed by atoms with Gasteiger partial charge in [-0.3, -0.25) is 9.59 Å². The van der Waals surface area contributed by atoms with Crippen molar-refractivity contribution in [1.82, 2.24) is 19.9 Å². The van der Waals surface area contributed by atoms with E-state index in [0.29, 0.717) is 17.3 Å². The van der Waals surface area contributed by atoms with Gasteiger partial charge < -0.3 is 15.8 Å². The monoisotopic (exact) mass is 449 g/mol. The molecule has 0 radical (unpaired) electrons. The van der Waals surface area contributed by atoms with Crippen LogP contribution in [0.3, 0.4) is 0 Å². The van der Waals surface area contributed by atoms with Crippen LogP contribution in [-0.4, -0.2) is 46.1 Å². The van der Waals surface area contributed by atoms with E-state index in [9.17, 15) is 18.4 Å². The molecule has 2 atom stereocenters. The number of nitrogens with one attached hydrogen (secondary N) is 1. The summed E-state index contributed by atoms with van der Waals surface area (Å²) in [4.78, 5) is 29.6. The average molecular weight is 450 g/mol. The predicted molar refractivity (Wildman–Crippen MR) is 112 cm³/mol. The summed E-state index contributed by atoms with van der Waals surface area (Å²) in [7, 11) is 1.08. The molecular weight excluding hydrogens is 420 g/mol. The number of fused-ring (bicyclic) bond motifs is 1. The first-order valence-corrected chi connectivity index (χ1v) is 11.0. The first-order valence-electron chi connectivity index (χ1n) is 11.0. The molecule has 4 rings (SSSR count). The summed E-state index contributed by atoms with van der Waals surface area (Å²) in [5.74, 6) is -3.94. The van der Waals surface area contributed by atoms with Gasteiger partial charge in [-0.1, -0.05) is 19.8 Å². The van der Waals surface area contributed by atoms with Gasteiger partial charge in [0.2, 0.25) is 5.91 Å². The number of hydrogen-bond donors (Lipinski definition) is 2. The number of ether oxygens (including phenoxy) is 1. The molecule has 2 aromatic heterocycles. The SMILES string of the molecule is COC(=O)C1(Cc2ccc3nc([C@@H](N)C4CCC(C)CC4)cn3n2)CC(F)(F)CNC1=O. The van der Waals surface area contributed by atoms with E-state index in [4.69, 9.17) is 10.5 Å². The average Bonchev–Trinajstić information content (AvgIpc) is 3.19. The van der Waals surface area contributed by atoms with Crippen molar-refractivity contribution in [2.45, 2.75) is 57.4 Å². The summed E-state index contributed by atoms with van der Waals surface area (Å²) in [6.07, 6.45) is 4.91. The van der Waals surface area contributed by atoms with Crippen molar-refractivity contribution in [3.8, 4) is 0 Å². The number of aromatic nitrogens is 3. The molecule has 1 aliphatic heterocycles. The lowest BCUT2D eigenvalue weighted by Crippen LogP contribution is -2.59. The molecule has 1 amide bonds. The van der Waals surface area contributed by atoms with E-state index in [1.807, 2.05) is 0 Å². The van der Waals surface area contributed by atoms with Crippen LogP contribution in [0.1, 0.15) is 56.5 Å². The van der Waals surface area contributed by atoms with Crippen LogP contribution in [0.5, 0.6) is 0 Å². The minimum Gasteiger partial charge on any atom is -0.468 e. The molecule has 1 saturated carbocycles. The number of methoxy groups -OCH3 is 1. The third-order valence-electron chi connectivity index (χ3n) is 6.87. The maximum Gasteiger partial charge on any atom is 0.322 e. The topological polar surface area (TPSA) is 112 Å². The zero-order chi connectivity index (χ0) is 23.1. The van der Waals surface area contributed by atoms with Crippen LogP contribution < -0.4 is 11.1 Å². The summed E-state index contributed by atoms with van der Waals surface area (Å²) in [5.41, 5.74) is 6.04. The summed E-state index contributed by atoms with van der Waals surface area (Å²) in [6, 6.07) is 3.06. The highest BCUT2D eigenvalue weighted by Gasteiger charge is 2.57. The molecule has 8 nitrogen and oxygen atoms in total. The van der Waals surface area contributed by atoms with Crippen LogP contribution in [0.15, 0.2) is 18.3 Å². The molecule has 3 N–H and O–H groups in total. The molecule has 2 aromatic rings. The quantitative estimate of drug-likeness (QED) is 0.536. The van der Waals surface area contributed by atoms with E-state index in [1.165, 1.54) is 4.52 Å². The van der Waals surface area contributed by atoms with E-state index in [2.05, 4.69) is 22.3 Å². The Hall–Kier alpha value is -2.62. The number of amides is 1. The normalized spacial score (nSPS) is 28.8. The highest BCUT2D eigenvalue weighted by Crippen LogP contribution is 2.40. The van der Waals surface area contributed by atoms with Crippen LogP contribution in [0.2, 0.25) is 0 Å². The van der Waals surface area contributed by atoms with Crippen molar-refractivity contribution in [2.75, 3.05) is 13.7 Å². The van der Waals surface area contributed by atoms with Crippen LogP contribution in [0.25, 0.3) is 5.65 Å². The Labute approximate surface area is 184 Å². The molecule has 1 saturated heterocycles. The fourth-order valence-corrected chi connectivity index (χ4v) is 4.93. The molecule has 0 bridgehead atoms. The van der Waals surface area contributed by atoms with Gasteiger partial charge in [0, 0.05) is 12.8 Å². The lowest BCUT2D eigenvalue weighted by atomic mass is 9.74. The minimum absolute atomic E-state index is 0.211. The first kappa shape index (κ1) is 22.6. The van der Waals surface area contributed by atoms with Crippen LogP contribution in [0.4, 0.5) is 8.78 Å². The maximum absolute atomic E-state index is 14.1. The van der Waals surface area contributed by atoms with Crippen LogP contribution in [0, 0.1) is 17.3 Å². The van der Waals surface area contributed by atoms with E-state index < -0.39 is 36.2 Å². The zero-order valence-corrected chi connectivity index (χ0v) is 18.3. The number of imidazole rings is 1. The van der Waals surface area contributed by atoms with Gasteiger partial charge in [0.25, 0.3) is 5.92 Å². The van der Waals surface area contributed by atoms with Gasteiger partial charge in [0.1, 0.15) is 0 Å². The number of carbonyl (C=O) groups excluding carboxylic acids is 2. The lowest BCUT2D eigenvalue weighted by Gasteiger charge is -2.37. The Morgan fingerprint density at radius 2 is 2.06 bits per heavy atom. The van der Waals surface area contributed by atoms with Crippen molar-refractivity contribution in [3.05, 3.63) is 29.7 Å². The number of rotatable bonds is 5. The smallest absolute Gasteiger partial charge is 0.322 e. The number of esters is 1. The second kappa shape index (κ2) is 8.38. The van der Waals surface area contributed by atoms with Gasteiger partial charge in [-0.2, -0.15) is 5.10 Å². The van der Waals surface area contributed by atoms with Crippen molar-refractivity contribution in [1.29, 1.82) is 0 Å². The number of nitrogens with zero attached hydrogens (tertiary/aromatic N) is 3.